The van der Waals surface area contributed by atoms with E-state index in [2.05, 4.69) is 5.10 Å². The third-order valence-corrected chi connectivity index (χ3v) is 4.63. The molecule has 1 rings (SSSR count). The minimum absolute atomic E-state index is 0.133. The zero-order chi connectivity index (χ0) is 12.2. The minimum atomic E-state index is -2.98. The Morgan fingerprint density at radius 3 is 2.75 bits per heavy atom. The van der Waals surface area contributed by atoms with Crippen LogP contribution in [0, 0.1) is 0 Å². The molecule has 2 N–H and O–H groups in total. The second-order valence-electron chi connectivity index (χ2n) is 4.07. The van der Waals surface area contributed by atoms with E-state index in [4.69, 9.17) is 5.73 Å². The Bertz CT molecular complexity index is 423. The summed E-state index contributed by atoms with van der Waals surface area (Å²) in [5.74, 6) is 0.133. The van der Waals surface area contributed by atoms with Crippen LogP contribution < -0.4 is 5.73 Å². The second-order valence-corrected chi connectivity index (χ2v) is 6.74. The molecule has 0 atom stereocenters. The average Bonchev–Trinajstić information content (AvgIpc) is 2.63. The normalized spacial score (nSPS) is 12.2. The first-order valence-corrected chi connectivity index (χ1v) is 7.10. The van der Waals surface area contributed by atoms with Crippen LogP contribution in [0.3, 0.4) is 0 Å². The minimum Gasteiger partial charge on any atom is -0.330 e. The van der Waals surface area contributed by atoms with Crippen molar-refractivity contribution in [3.05, 3.63) is 18.0 Å². The van der Waals surface area contributed by atoms with E-state index in [0.29, 0.717) is 13.1 Å². The Hall–Kier alpha value is -0.880. The first-order chi connectivity index (χ1) is 7.45. The topological polar surface area (TPSA) is 78.0 Å². The zero-order valence-electron chi connectivity index (χ0n) is 9.76. The third kappa shape index (κ3) is 3.61. The van der Waals surface area contributed by atoms with Gasteiger partial charge in [0.05, 0.1) is 23.7 Å². The van der Waals surface area contributed by atoms with Gasteiger partial charge in [0.1, 0.15) is 0 Å². The molecule has 5 nitrogen and oxygen atoms in total. The molecule has 0 unspecified atom stereocenters. The molecule has 0 amide bonds. The molecule has 0 saturated carbocycles. The summed E-state index contributed by atoms with van der Waals surface area (Å²) in [5, 5.41) is 3.77. The Labute approximate surface area is 96.6 Å². The lowest BCUT2D eigenvalue weighted by Crippen LogP contribution is -2.21. The highest BCUT2D eigenvalue weighted by molar-refractivity contribution is 7.91. The van der Waals surface area contributed by atoms with Gasteiger partial charge in [-0.15, -0.1) is 0 Å². The summed E-state index contributed by atoms with van der Waals surface area (Å²) in [7, 11) is -2.98. The maximum Gasteiger partial charge on any atom is 0.154 e. The lowest BCUT2D eigenvalue weighted by atomic mass is 10.3. The van der Waals surface area contributed by atoms with Crippen LogP contribution in [0.25, 0.3) is 0 Å². The number of hydrogen-bond donors (Lipinski definition) is 1. The van der Waals surface area contributed by atoms with Crippen molar-refractivity contribution in [2.75, 3.05) is 12.3 Å². The van der Waals surface area contributed by atoms with Crippen molar-refractivity contribution in [1.29, 1.82) is 0 Å². The molecule has 0 aliphatic heterocycles. The highest BCUT2D eigenvalue weighted by atomic mass is 32.2. The molecule has 0 bridgehead atoms. The summed E-state index contributed by atoms with van der Waals surface area (Å²) < 4.78 is 24.8. The van der Waals surface area contributed by atoms with E-state index in [9.17, 15) is 8.42 Å². The summed E-state index contributed by atoms with van der Waals surface area (Å²) in [6, 6.07) is 0. The highest BCUT2D eigenvalue weighted by Crippen LogP contribution is 2.03. The first kappa shape index (κ1) is 13.2. The highest BCUT2D eigenvalue weighted by Gasteiger charge is 2.15. The Kier molecular flexibility index (Phi) is 4.49. The Morgan fingerprint density at radius 2 is 2.19 bits per heavy atom. The van der Waals surface area contributed by atoms with Crippen LogP contribution in [0.1, 0.15) is 19.4 Å². The van der Waals surface area contributed by atoms with Crippen LogP contribution in [0.2, 0.25) is 0 Å². The van der Waals surface area contributed by atoms with Crippen molar-refractivity contribution < 1.29 is 8.42 Å². The number of aryl methyl sites for hydroxylation is 1. The van der Waals surface area contributed by atoms with Crippen molar-refractivity contribution in [3.63, 3.8) is 0 Å². The van der Waals surface area contributed by atoms with Crippen LogP contribution in [0.4, 0.5) is 0 Å². The fraction of sp³-hybridized carbons (Fsp3) is 0.700. The second kappa shape index (κ2) is 5.45. The van der Waals surface area contributed by atoms with Gasteiger partial charge >= 0.3 is 0 Å². The van der Waals surface area contributed by atoms with E-state index in [0.717, 1.165) is 12.0 Å². The SMILES string of the molecule is CC(C)S(=O)(=O)CCn1cc(CCN)cn1. The predicted octanol–water partition coefficient (Wildman–Crippen LogP) is 0.208. The Morgan fingerprint density at radius 1 is 1.50 bits per heavy atom. The summed E-state index contributed by atoms with van der Waals surface area (Å²) in [6.45, 7) is 4.37. The molecule has 0 aliphatic carbocycles. The lowest BCUT2D eigenvalue weighted by Gasteiger charge is -2.07. The largest absolute Gasteiger partial charge is 0.330 e. The molecule has 6 heteroatoms. The van der Waals surface area contributed by atoms with E-state index in [1.807, 2.05) is 6.20 Å². The molecule has 0 aliphatic rings. The fourth-order valence-corrected chi connectivity index (χ4v) is 2.19. The molecule has 0 spiro atoms. The lowest BCUT2D eigenvalue weighted by molar-refractivity contribution is 0.572. The predicted molar refractivity (Wildman–Crippen MR) is 63.9 cm³/mol. The fourth-order valence-electron chi connectivity index (χ4n) is 1.28. The molecule has 0 saturated heterocycles. The smallest absolute Gasteiger partial charge is 0.154 e. The van der Waals surface area contributed by atoms with Gasteiger partial charge in [0.15, 0.2) is 9.84 Å². The molecule has 1 aromatic rings. The number of rotatable bonds is 6. The standard InChI is InChI=1S/C10H19N3O2S/c1-9(2)16(14,15)6-5-13-8-10(3-4-11)7-12-13/h7-9H,3-6,11H2,1-2H3. The van der Waals surface area contributed by atoms with Crippen LogP contribution >= 0.6 is 0 Å². The third-order valence-electron chi connectivity index (χ3n) is 2.44. The van der Waals surface area contributed by atoms with Gasteiger partial charge in [-0.2, -0.15) is 5.10 Å². The van der Waals surface area contributed by atoms with Crippen molar-refractivity contribution in [1.82, 2.24) is 9.78 Å². The van der Waals surface area contributed by atoms with Gasteiger partial charge in [-0.05, 0) is 32.4 Å². The molecular formula is C10H19N3O2S. The van der Waals surface area contributed by atoms with Gasteiger partial charge in [-0.3, -0.25) is 4.68 Å². The molecule has 0 fully saturated rings. The maximum absolute atomic E-state index is 11.6. The monoisotopic (exact) mass is 245 g/mol. The molecule has 1 heterocycles. The number of nitrogens with two attached hydrogens (primary N) is 1. The van der Waals surface area contributed by atoms with E-state index in [1.165, 1.54) is 0 Å². The van der Waals surface area contributed by atoms with Crippen molar-refractivity contribution >= 4 is 9.84 Å². The molecule has 16 heavy (non-hydrogen) atoms. The number of hydrogen-bond acceptors (Lipinski definition) is 4. The van der Waals surface area contributed by atoms with Gasteiger partial charge in [0.25, 0.3) is 0 Å². The molecule has 0 radical (unpaired) electrons. The number of nitrogens with zero attached hydrogens (tertiary/aromatic N) is 2. The summed E-state index contributed by atoms with van der Waals surface area (Å²) in [5.41, 5.74) is 6.47. The van der Waals surface area contributed by atoms with Gasteiger partial charge in [-0.1, -0.05) is 0 Å². The molecular weight excluding hydrogens is 226 g/mol. The summed E-state index contributed by atoms with van der Waals surface area (Å²) >= 11 is 0. The zero-order valence-corrected chi connectivity index (χ0v) is 10.6. The van der Waals surface area contributed by atoms with Crippen molar-refractivity contribution in [3.8, 4) is 0 Å². The first-order valence-electron chi connectivity index (χ1n) is 5.38. The van der Waals surface area contributed by atoms with Crippen molar-refractivity contribution in [2.24, 2.45) is 5.73 Å². The van der Waals surface area contributed by atoms with E-state index in [1.54, 1.807) is 24.7 Å². The number of sulfone groups is 1. The average molecular weight is 245 g/mol. The Balaban J connectivity index is 2.55. The maximum atomic E-state index is 11.6. The van der Waals surface area contributed by atoms with Gasteiger partial charge in [0, 0.05) is 6.20 Å². The molecule has 1 aromatic heterocycles. The molecule has 92 valence electrons. The van der Waals surface area contributed by atoms with E-state index >= 15 is 0 Å². The van der Waals surface area contributed by atoms with Gasteiger partial charge in [0.2, 0.25) is 0 Å². The van der Waals surface area contributed by atoms with E-state index < -0.39 is 9.84 Å². The quantitative estimate of drug-likeness (QED) is 0.777. The van der Waals surface area contributed by atoms with E-state index in [-0.39, 0.29) is 11.0 Å². The summed E-state index contributed by atoms with van der Waals surface area (Å²) in [6.07, 6.45) is 4.36. The summed E-state index contributed by atoms with van der Waals surface area (Å²) in [4.78, 5) is 0. The van der Waals surface area contributed by atoms with Crippen molar-refractivity contribution in [2.45, 2.75) is 32.1 Å². The number of aromatic nitrogens is 2. The van der Waals surface area contributed by atoms with Crippen LogP contribution in [0.15, 0.2) is 12.4 Å². The van der Waals surface area contributed by atoms with Gasteiger partial charge < -0.3 is 5.73 Å². The van der Waals surface area contributed by atoms with Crippen LogP contribution in [-0.2, 0) is 22.8 Å². The van der Waals surface area contributed by atoms with Crippen LogP contribution in [-0.4, -0.2) is 35.7 Å². The van der Waals surface area contributed by atoms with Crippen LogP contribution in [0.5, 0.6) is 0 Å². The molecule has 0 aromatic carbocycles. The van der Waals surface area contributed by atoms with Gasteiger partial charge in [-0.25, -0.2) is 8.42 Å².